The van der Waals surface area contributed by atoms with Crippen LogP contribution in [0.4, 0.5) is 0 Å². The summed E-state index contributed by atoms with van der Waals surface area (Å²) < 4.78 is 5.47. The monoisotopic (exact) mass is 297 g/mol. The lowest BCUT2D eigenvalue weighted by Gasteiger charge is -2.29. The van der Waals surface area contributed by atoms with Crippen LogP contribution in [-0.4, -0.2) is 42.7 Å². The molecule has 1 amide bonds. The van der Waals surface area contributed by atoms with E-state index in [9.17, 15) is 4.79 Å². The largest absolute Gasteiger partial charge is 0.375 e. The predicted molar refractivity (Wildman–Crippen MR) is 80.1 cm³/mol. The molecule has 2 rings (SSSR count). The second-order valence-electron chi connectivity index (χ2n) is 5.38. The number of hydrogen-bond donors (Lipinski definition) is 2. The molecule has 20 heavy (non-hydrogen) atoms. The van der Waals surface area contributed by atoms with E-state index < -0.39 is 0 Å². The second-order valence-corrected chi connectivity index (χ2v) is 6.27. The fourth-order valence-corrected chi connectivity index (χ4v) is 3.02. The van der Waals surface area contributed by atoms with Gasteiger partial charge in [-0.3, -0.25) is 4.79 Å². The van der Waals surface area contributed by atoms with E-state index in [0.29, 0.717) is 19.1 Å². The third kappa shape index (κ3) is 4.01. The molecule has 2 N–H and O–H groups in total. The van der Waals surface area contributed by atoms with Crippen molar-refractivity contribution in [3.05, 3.63) is 16.1 Å². The molecule has 1 saturated heterocycles. The third-order valence-corrected chi connectivity index (χ3v) is 4.54. The van der Waals surface area contributed by atoms with Gasteiger partial charge in [-0.1, -0.05) is 13.8 Å². The number of nitrogens with one attached hydrogen (secondary N) is 2. The van der Waals surface area contributed by atoms with E-state index in [2.05, 4.69) is 34.8 Å². The fraction of sp³-hybridized carbons (Fsp3) is 0.714. The second kappa shape index (κ2) is 7.15. The molecule has 1 fully saturated rings. The Bertz CT molecular complexity index is 447. The van der Waals surface area contributed by atoms with E-state index in [1.165, 1.54) is 0 Å². The summed E-state index contributed by atoms with van der Waals surface area (Å²) in [5.41, 5.74) is 1.06. The molecule has 0 spiro atoms. The Morgan fingerprint density at radius 3 is 3.10 bits per heavy atom. The number of morpholine rings is 1. The van der Waals surface area contributed by atoms with Gasteiger partial charge in [-0.15, -0.1) is 11.3 Å². The molecule has 1 aliphatic heterocycles. The first kappa shape index (κ1) is 15.4. The van der Waals surface area contributed by atoms with Crippen LogP contribution in [0, 0.1) is 0 Å². The first-order valence-electron chi connectivity index (χ1n) is 7.15. The van der Waals surface area contributed by atoms with E-state index in [1.54, 1.807) is 11.3 Å². The van der Waals surface area contributed by atoms with Gasteiger partial charge in [0.25, 0.3) is 0 Å². The van der Waals surface area contributed by atoms with Crippen LogP contribution in [-0.2, 0) is 16.0 Å². The van der Waals surface area contributed by atoms with Crippen LogP contribution in [0.5, 0.6) is 0 Å². The van der Waals surface area contributed by atoms with Gasteiger partial charge in [0.05, 0.1) is 23.4 Å². The highest BCUT2D eigenvalue weighted by atomic mass is 32.1. The highest BCUT2D eigenvalue weighted by Crippen LogP contribution is 2.19. The zero-order valence-corrected chi connectivity index (χ0v) is 13.1. The minimum Gasteiger partial charge on any atom is -0.375 e. The third-order valence-electron chi connectivity index (χ3n) is 3.34. The van der Waals surface area contributed by atoms with Crippen molar-refractivity contribution in [2.75, 3.05) is 19.7 Å². The van der Waals surface area contributed by atoms with E-state index >= 15 is 0 Å². The summed E-state index contributed by atoms with van der Waals surface area (Å²) in [4.78, 5) is 16.6. The molecule has 0 aliphatic carbocycles. The number of carbonyl (C=O) groups is 1. The maximum atomic E-state index is 12.0. The van der Waals surface area contributed by atoms with Crippen LogP contribution in [0.25, 0.3) is 0 Å². The molecule has 0 unspecified atom stereocenters. The molecular weight excluding hydrogens is 274 g/mol. The Hall–Kier alpha value is -0.980. The summed E-state index contributed by atoms with van der Waals surface area (Å²) in [5, 5.41) is 9.37. The van der Waals surface area contributed by atoms with Gasteiger partial charge in [0.15, 0.2) is 0 Å². The van der Waals surface area contributed by atoms with Gasteiger partial charge in [0.2, 0.25) is 5.91 Å². The number of hydrogen-bond acceptors (Lipinski definition) is 5. The Morgan fingerprint density at radius 2 is 2.45 bits per heavy atom. The van der Waals surface area contributed by atoms with Gasteiger partial charge >= 0.3 is 0 Å². The number of ether oxygens (including phenoxy) is 1. The van der Waals surface area contributed by atoms with Crippen molar-refractivity contribution in [3.63, 3.8) is 0 Å². The van der Waals surface area contributed by atoms with Crippen LogP contribution >= 0.6 is 11.3 Å². The normalized spacial score (nSPS) is 23.0. The van der Waals surface area contributed by atoms with Crippen molar-refractivity contribution in [1.82, 2.24) is 15.6 Å². The zero-order chi connectivity index (χ0) is 14.5. The van der Waals surface area contributed by atoms with Crippen LogP contribution in [0.1, 0.15) is 37.4 Å². The fourth-order valence-electron chi connectivity index (χ4n) is 2.15. The van der Waals surface area contributed by atoms with Crippen molar-refractivity contribution in [2.24, 2.45) is 0 Å². The van der Waals surface area contributed by atoms with E-state index in [-0.39, 0.29) is 18.1 Å². The minimum absolute atomic E-state index is 0.0107. The first-order chi connectivity index (χ1) is 9.58. The van der Waals surface area contributed by atoms with Crippen molar-refractivity contribution >= 4 is 17.2 Å². The molecule has 0 radical (unpaired) electrons. The molecule has 5 nitrogen and oxygen atoms in total. The summed E-state index contributed by atoms with van der Waals surface area (Å²) in [5.74, 6) is 0.476. The molecule has 0 aromatic carbocycles. The molecular formula is C14H23N3O2S. The molecule has 2 heterocycles. The lowest BCUT2D eigenvalue weighted by atomic mass is 10.1. The van der Waals surface area contributed by atoms with Gasteiger partial charge < -0.3 is 15.4 Å². The Kier molecular flexibility index (Phi) is 5.51. The SMILES string of the molecule is CC(C)c1nc(CCNC(=O)[C@H]2NCCO[C@@H]2C)cs1. The highest BCUT2D eigenvalue weighted by molar-refractivity contribution is 7.09. The number of thiazole rings is 1. The number of rotatable bonds is 5. The molecule has 2 atom stereocenters. The molecule has 1 aromatic heterocycles. The number of amides is 1. The Labute approximate surface area is 124 Å². The number of carbonyl (C=O) groups excluding carboxylic acids is 1. The van der Waals surface area contributed by atoms with Crippen molar-refractivity contribution in [3.8, 4) is 0 Å². The van der Waals surface area contributed by atoms with E-state index in [1.807, 2.05) is 6.92 Å². The minimum atomic E-state index is -0.245. The molecule has 0 saturated carbocycles. The van der Waals surface area contributed by atoms with Gasteiger partial charge in [-0.25, -0.2) is 4.98 Å². The predicted octanol–water partition coefficient (Wildman–Crippen LogP) is 1.30. The smallest absolute Gasteiger partial charge is 0.239 e. The van der Waals surface area contributed by atoms with Gasteiger partial charge in [-0.2, -0.15) is 0 Å². The summed E-state index contributed by atoms with van der Waals surface area (Å²) in [6.45, 7) is 8.21. The van der Waals surface area contributed by atoms with E-state index in [0.717, 1.165) is 23.7 Å². The van der Waals surface area contributed by atoms with Crippen molar-refractivity contribution < 1.29 is 9.53 Å². The summed E-state index contributed by atoms with van der Waals surface area (Å²) in [6, 6.07) is -0.245. The molecule has 0 bridgehead atoms. The number of nitrogens with zero attached hydrogens (tertiary/aromatic N) is 1. The lowest BCUT2D eigenvalue weighted by molar-refractivity contribution is -0.128. The molecule has 1 aliphatic rings. The summed E-state index contributed by atoms with van der Waals surface area (Å²) in [6.07, 6.45) is 0.701. The Morgan fingerprint density at radius 1 is 1.65 bits per heavy atom. The molecule has 112 valence electrons. The maximum Gasteiger partial charge on any atom is 0.239 e. The van der Waals surface area contributed by atoms with Gasteiger partial charge in [-0.05, 0) is 6.92 Å². The zero-order valence-electron chi connectivity index (χ0n) is 12.3. The lowest BCUT2D eigenvalue weighted by Crippen LogP contribution is -2.55. The van der Waals surface area contributed by atoms with Crippen LogP contribution in [0.2, 0.25) is 0 Å². The standard InChI is InChI=1S/C14H23N3O2S/c1-9(2)14-17-11(8-20-14)4-5-16-13(18)12-10(3)19-7-6-15-12/h8-10,12,15H,4-7H2,1-3H3,(H,16,18)/t10-,12+/m1/s1. The highest BCUT2D eigenvalue weighted by Gasteiger charge is 2.27. The van der Waals surface area contributed by atoms with Crippen molar-refractivity contribution in [2.45, 2.75) is 45.3 Å². The average molecular weight is 297 g/mol. The summed E-state index contributed by atoms with van der Waals surface area (Å²) >= 11 is 1.69. The summed E-state index contributed by atoms with van der Waals surface area (Å²) in [7, 11) is 0. The Balaban J connectivity index is 1.75. The first-order valence-corrected chi connectivity index (χ1v) is 8.03. The van der Waals surface area contributed by atoms with Gasteiger partial charge in [0, 0.05) is 30.8 Å². The van der Waals surface area contributed by atoms with Crippen LogP contribution in [0.3, 0.4) is 0 Å². The van der Waals surface area contributed by atoms with Gasteiger partial charge in [0.1, 0.15) is 6.04 Å². The molecule has 6 heteroatoms. The maximum absolute atomic E-state index is 12.0. The van der Waals surface area contributed by atoms with Crippen LogP contribution in [0.15, 0.2) is 5.38 Å². The number of aromatic nitrogens is 1. The average Bonchev–Trinajstić information content (AvgIpc) is 2.88. The molecule has 1 aromatic rings. The van der Waals surface area contributed by atoms with Crippen LogP contribution < -0.4 is 10.6 Å². The van der Waals surface area contributed by atoms with Crippen molar-refractivity contribution in [1.29, 1.82) is 0 Å². The topological polar surface area (TPSA) is 63.2 Å². The quantitative estimate of drug-likeness (QED) is 0.860. The van der Waals surface area contributed by atoms with E-state index in [4.69, 9.17) is 4.74 Å².